The van der Waals surface area contributed by atoms with Gasteiger partial charge in [-0.05, 0) is 36.6 Å². The molecule has 2 aliphatic heterocycles. The maximum absolute atomic E-state index is 14.1. The van der Waals surface area contributed by atoms with Crippen molar-refractivity contribution in [3.63, 3.8) is 0 Å². The van der Waals surface area contributed by atoms with E-state index in [0.29, 0.717) is 42.3 Å². The molecule has 3 N–H and O–H groups in total. The van der Waals surface area contributed by atoms with Gasteiger partial charge < -0.3 is 20.4 Å². The summed E-state index contributed by atoms with van der Waals surface area (Å²) < 4.78 is 35.4. The van der Waals surface area contributed by atoms with E-state index in [0.717, 1.165) is 29.8 Å². The van der Waals surface area contributed by atoms with E-state index < -0.39 is 23.6 Å². The van der Waals surface area contributed by atoms with Gasteiger partial charge in [-0.25, -0.2) is 8.78 Å². The molecule has 5 rings (SSSR count). The van der Waals surface area contributed by atoms with E-state index in [4.69, 9.17) is 16.0 Å². The number of nitrogens with one attached hydrogen (secondary N) is 3. The van der Waals surface area contributed by atoms with Crippen LogP contribution in [0.2, 0.25) is 5.02 Å². The van der Waals surface area contributed by atoms with E-state index in [2.05, 4.69) is 21.0 Å². The number of benzene rings is 1. The average molecular weight is 518 g/mol. The molecule has 0 saturated carbocycles. The summed E-state index contributed by atoms with van der Waals surface area (Å²) >= 11 is 6.35. The predicted molar refractivity (Wildman–Crippen MR) is 129 cm³/mol. The molecule has 0 bridgehead atoms. The first-order valence-corrected chi connectivity index (χ1v) is 12.3. The molecule has 0 aliphatic carbocycles. The van der Waals surface area contributed by atoms with Crippen LogP contribution in [0.5, 0.6) is 0 Å². The SMILES string of the molecule is CNC(=O)CC1C[C@@H](c2ccc(F)c(F)c2)[C@H](NC(=O)c2cc3c(o2)CCCn2ncc(Cl)c2-3)CN1. The Morgan fingerprint density at radius 3 is 2.89 bits per heavy atom. The number of piperidine rings is 1. The number of furan rings is 1. The topological polar surface area (TPSA) is 101 Å². The first kappa shape index (κ1) is 24.5. The second kappa shape index (κ2) is 10.0. The van der Waals surface area contributed by atoms with E-state index in [9.17, 15) is 18.4 Å². The molecule has 1 fully saturated rings. The van der Waals surface area contributed by atoms with Gasteiger partial charge in [0.05, 0.1) is 16.9 Å². The highest BCUT2D eigenvalue weighted by atomic mass is 35.5. The van der Waals surface area contributed by atoms with Crippen molar-refractivity contribution in [2.75, 3.05) is 13.6 Å². The van der Waals surface area contributed by atoms with E-state index in [-0.39, 0.29) is 30.0 Å². The minimum Gasteiger partial charge on any atom is -0.455 e. The third-order valence-corrected chi connectivity index (χ3v) is 7.18. The van der Waals surface area contributed by atoms with Crippen LogP contribution in [0.15, 0.2) is 34.9 Å². The molecule has 0 radical (unpaired) electrons. The maximum atomic E-state index is 14.1. The Morgan fingerprint density at radius 1 is 1.28 bits per heavy atom. The molecule has 2 aliphatic rings. The van der Waals surface area contributed by atoms with Gasteiger partial charge in [0.2, 0.25) is 5.91 Å². The summed E-state index contributed by atoms with van der Waals surface area (Å²) in [5, 5.41) is 13.7. The molecule has 1 unspecified atom stereocenters. The molecule has 4 heterocycles. The fourth-order valence-electron chi connectivity index (χ4n) is 5.09. The van der Waals surface area contributed by atoms with Gasteiger partial charge in [-0.15, -0.1) is 0 Å². The summed E-state index contributed by atoms with van der Waals surface area (Å²) in [6.45, 7) is 1.05. The van der Waals surface area contributed by atoms with Crippen molar-refractivity contribution in [2.24, 2.45) is 0 Å². The van der Waals surface area contributed by atoms with Crippen molar-refractivity contribution in [1.82, 2.24) is 25.7 Å². The highest BCUT2D eigenvalue weighted by Crippen LogP contribution is 2.36. The highest BCUT2D eigenvalue weighted by Gasteiger charge is 2.35. The fraction of sp³-hybridized carbons (Fsp3) is 0.400. The normalized spacial score (nSPS) is 21.3. The number of amides is 2. The van der Waals surface area contributed by atoms with Crippen molar-refractivity contribution in [2.45, 2.75) is 50.2 Å². The largest absolute Gasteiger partial charge is 0.455 e. The van der Waals surface area contributed by atoms with E-state index in [1.165, 1.54) is 6.07 Å². The van der Waals surface area contributed by atoms with Gasteiger partial charge in [0.25, 0.3) is 5.91 Å². The molecule has 1 saturated heterocycles. The minimum absolute atomic E-state index is 0.131. The van der Waals surface area contributed by atoms with Crippen LogP contribution in [0, 0.1) is 11.6 Å². The second-order valence-corrected chi connectivity index (χ2v) is 9.60. The number of aromatic nitrogens is 2. The van der Waals surface area contributed by atoms with Crippen LogP contribution in [0.1, 0.15) is 47.1 Å². The molecular weight excluding hydrogens is 492 g/mol. The third-order valence-electron chi connectivity index (χ3n) is 6.91. The molecule has 36 heavy (non-hydrogen) atoms. The lowest BCUT2D eigenvalue weighted by Crippen LogP contribution is -2.54. The Balaban J connectivity index is 1.39. The Bertz CT molecular complexity index is 1310. The summed E-state index contributed by atoms with van der Waals surface area (Å²) in [7, 11) is 1.56. The monoisotopic (exact) mass is 517 g/mol. The van der Waals surface area contributed by atoms with Crippen LogP contribution >= 0.6 is 11.6 Å². The average Bonchev–Trinajstić information content (AvgIpc) is 3.40. The molecule has 1 aromatic carbocycles. The number of halogens is 3. The number of carbonyl (C=O) groups excluding carboxylic acids is 2. The molecule has 11 heteroatoms. The van der Waals surface area contributed by atoms with Crippen LogP contribution < -0.4 is 16.0 Å². The lowest BCUT2D eigenvalue weighted by molar-refractivity contribution is -0.121. The summed E-state index contributed by atoms with van der Waals surface area (Å²) in [6.07, 6.45) is 3.70. The standard InChI is InChI=1S/C25H26ClF2N5O3/c1-29-23(34)9-14-8-15(13-4-5-18(27)19(28)7-13)20(12-30-14)32-25(35)22-10-16-21(36-22)3-2-6-33-24(16)17(26)11-31-33/h4-5,7,10-11,14-15,20,30H,2-3,6,8-9,12H2,1H3,(H,29,34)(H,32,35)/t14?,15-,20+/m0/s1. The maximum Gasteiger partial charge on any atom is 0.287 e. The Kier molecular flexibility index (Phi) is 6.81. The van der Waals surface area contributed by atoms with Crippen LogP contribution in [-0.2, 0) is 17.8 Å². The highest BCUT2D eigenvalue weighted by molar-refractivity contribution is 6.33. The Labute approximate surface area is 211 Å². The molecule has 0 spiro atoms. The van der Waals surface area contributed by atoms with E-state index >= 15 is 0 Å². The van der Waals surface area contributed by atoms with E-state index in [1.807, 2.05) is 4.68 Å². The second-order valence-electron chi connectivity index (χ2n) is 9.19. The smallest absolute Gasteiger partial charge is 0.287 e. The molecule has 2 amide bonds. The molecule has 8 nitrogen and oxygen atoms in total. The summed E-state index contributed by atoms with van der Waals surface area (Å²) in [5.41, 5.74) is 2.02. The zero-order valence-electron chi connectivity index (χ0n) is 19.6. The number of nitrogens with zero attached hydrogens (tertiary/aromatic N) is 2. The first-order valence-electron chi connectivity index (χ1n) is 11.9. The lowest BCUT2D eigenvalue weighted by Gasteiger charge is -2.37. The van der Waals surface area contributed by atoms with Crippen LogP contribution in [-0.4, -0.2) is 47.3 Å². The Morgan fingerprint density at radius 2 is 2.11 bits per heavy atom. The number of carbonyl (C=O) groups is 2. The number of rotatable bonds is 5. The zero-order chi connectivity index (χ0) is 25.4. The van der Waals surface area contributed by atoms with Gasteiger partial charge in [0, 0.05) is 56.5 Å². The molecule has 190 valence electrons. The quantitative estimate of drug-likeness (QED) is 0.481. The summed E-state index contributed by atoms with van der Waals surface area (Å²) in [4.78, 5) is 25.2. The van der Waals surface area contributed by atoms with Gasteiger partial charge in [-0.2, -0.15) is 5.10 Å². The van der Waals surface area contributed by atoms with Crippen molar-refractivity contribution in [3.8, 4) is 11.3 Å². The number of hydrogen-bond acceptors (Lipinski definition) is 5. The summed E-state index contributed by atoms with van der Waals surface area (Å²) in [5.74, 6) is -1.98. The lowest BCUT2D eigenvalue weighted by atomic mass is 9.81. The first-order chi connectivity index (χ1) is 17.3. The van der Waals surface area contributed by atoms with Crippen molar-refractivity contribution in [1.29, 1.82) is 0 Å². The summed E-state index contributed by atoms with van der Waals surface area (Å²) in [6, 6.07) is 4.80. The zero-order valence-corrected chi connectivity index (χ0v) is 20.4. The van der Waals surface area contributed by atoms with Crippen LogP contribution in [0.4, 0.5) is 8.78 Å². The van der Waals surface area contributed by atoms with Crippen molar-refractivity contribution in [3.05, 3.63) is 64.2 Å². The number of fused-ring (bicyclic) bond motifs is 3. The van der Waals surface area contributed by atoms with Crippen LogP contribution in [0.3, 0.4) is 0 Å². The molecule has 3 atom stereocenters. The third kappa shape index (κ3) is 4.75. The predicted octanol–water partition coefficient (Wildman–Crippen LogP) is 3.40. The van der Waals surface area contributed by atoms with E-state index in [1.54, 1.807) is 19.3 Å². The molecule has 2 aromatic heterocycles. The molecular formula is C25H26ClF2N5O3. The number of aryl methyl sites for hydroxylation is 2. The van der Waals surface area contributed by atoms with Gasteiger partial charge in [0.1, 0.15) is 5.76 Å². The van der Waals surface area contributed by atoms with Gasteiger partial charge >= 0.3 is 0 Å². The number of hydrogen-bond donors (Lipinski definition) is 3. The van der Waals surface area contributed by atoms with Crippen LogP contribution in [0.25, 0.3) is 11.3 Å². The minimum atomic E-state index is -0.956. The van der Waals surface area contributed by atoms with Crippen molar-refractivity contribution >= 4 is 23.4 Å². The Hall–Kier alpha value is -3.24. The van der Waals surface area contributed by atoms with Gasteiger partial charge in [-0.3, -0.25) is 14.3 Å². The van der Waals surface area contributed by atoms with Gasteiger partial charge in [-0.1, -0.05) is 17.7 Å². The molecule has 3 aromatic rings. The fourth-order valence-corrected chi connectivity index (χ4v) is 5.33. The van der Waals surface area contributed by atoms with Crippen molar-refractivity contribution < 1.29 is 22.8 Å². The van der Waals surface area contributed by atoms with Gasteiger partial charge in [0.15, 0.2) is 17.4 Å².